The fraction of sp³-hybridized carbons (Fsp3) is 0. The van der Waals surface area contributed by atoms with Crippen LogP contribution in [-0.4, -0.2) is 20.3 Å². The molecule has 0 bridgehead atoms. The van der Waals surface area contributed by atoms with Crippen LogP contribution in [0.4, 0.5) is 5.95 Å². The first kappa shape index (κ1) is 8.76. The summed E-state index contributed by atoms with van der Waals surface area (Å²) in [7, 11) is 0. The molecule has 0 fully saturated rings. The van der Waals surface area contributed by atoms with Crippen LogP contribution in [0.3, 0.4) is 0 Å². The second-order valence-corrected chi connectivity index (χ2v) is 1.13. The lowest BCUT2D eigenvalue weighted by atomic mass is 11.1. The third-order valence-corrected chi connectivity index (χ3v) is 0.497. The van der Waals surface area contributed by atoms with E-state index in [-0.39, 0.29) is 5.95 Å². The molecule has 0 saturated carbocycles. The van der Waals surface area contributed by atoms with E-state index in [1.165, 1.54) is 6.33 Å². The molecule has 0 unspecified atom stereocenters. The zero-order valence-corrected chi connectivity index (χ0v) is 5.04. The minimum Gasteiger partial charge on any atom is -0.356 e. The summed E-state index contributed by atoms with van der Waals surface area (Å²) in [6.07, 6.45) is 1.26. The molecule has 11 heavy (non-hydrogen) atoms. The average molecular weight is 158 g/mol. The van der Waals surface area contributed by atoms with Gasteiger partial charge in [-0.25, -0.2) is 0 Å². The molecule has 0 radical (unpaired) electrons. The van der Waals surface area contributed by atoms with Gasteiger partial charge in [0, 0.05) is 0 Å². The summed E-state index contributed by atoms with van der Waals surface area (Å²) >= 11 is 0. The van der Waals surface area contributed by atoms with Gasteiger partial charge >= 0.3 is 5.95 Å². The van der Waals surface area contributed by atoms with Crippen LogP contribution in [0.1, 0.15) is 0 Å². The van der Waals surface area contributed by atoms with Gasteiger partial charge in [-0.2, -0.15) is 0 Å². The molecule has 9 nitrogen and oxygen atoms in total. The number of hydrogen-bond donors (Lipinski definition) is 1. The lowest BCUT2D eigenvalue weighted by Gasteiger charge is -1.74. The Morgan fingerprint density at radius 3 is 2.45 bits per heavy atom. The van der Waals surface area contributed by atoms with Crippen molar-refractivity contribution in [2.24, 2.45) is 0 Å². The zero-order chi connectivity index (χ0) is 8.69. The number of H-pyrrole nitrogens is 1. The summed E-state index contributed by atoms with van der Waals surface area (Å²) < 4.78 is 0. The van der Waals surface area contributed by atoms with Crippen molar-refractivity contribution in [3.05, 3.63) is 26.6 Å². The van der Waals surface area contributed by atoms with E-state index < -0.39 is 5.09 Å². The van der Waals surface area contributed by atoms with Gasteiger partial charge in [0.1, 0.15) is 0 Å². The number of nitrogens with zero attached hydrogens (tertiary/aromatic N) is 5. The molecule has 1 N–H and O–H groups in total. The molecule has 1 heterocycles. The number of aromatic nitrogens is 3. The maximum atomic E-state index is 8.25. The van der Waals surface area contributed by atoms with Crippen LogP contribution in [0.5, 0.6) is 0 Å². The van der Waals surface area contributed by atoms with Gasteiger partial charge in [0.05, 0.1) is 10.5 Å². The fourth-order valence-electron chi connectivity index (χ4n) is 0.247. The summed E-state index contributed by atoms with van der Waals surface area (Å²) in [5.74, 6) is 0.125. The molecule has 0 amide bonds. The second kappa shape index (κ2) is 4.62. The predicted octanol–water partition coefficient (Wildman–Crippen LogP) is 0.0502. The van der Waals surface area contributed by atoms with Crippen LogP contribution >= 0.6 is 0 Å². The van der Waals surface area contributed by atoms with Crippen LogP contribution in [0.15, 0.2) is 6.33 Å². The molecule has 9 heteroatoms. The molecule has 1 aromatic rings. The molecule has 0 aliphatic carbocycles. The van der Waals surface area contributed by atoms with E-state index in [4.69, 9.17) is 20.7 Å². The van der Waals surface area contributed by atoms with Crippen LogP contribution in [0, 0.1) is 20.7 Å². The van der Waals surface area contributed by atoms with E-state index in [2.05, 4.69) is 20.2 Å². The number of aromatic amines is 1. The number of diazo groups is 1. The number of hydrogen-bond acceptors (Lipinski definition) is 6. The van der Waals surface area contributed by atoms with E-state index in [9.17, 15) is 0 Å². The van der Waals surface area contributed by atoms with Crippen molar-refractivity contribution >= 4 is 5.95 Å². The van der Waals surface area contributed by atoms with Crippen molar-refractivity contribution in [2.75, 3.05) is 0 Å². The summed E-state index contributed by atoms with van der Waals surface area (Å²) in [6.45, 7) is 0. The Morgan fingerprint density at radius 2 is 2.27 bits per heavy atom. The standard InChI is InChI=1S/C2H2N5.NO3/c3-6-2-4-1-5-7-2;2-1(3)4/h1H,(H,4,5,7);/q+1;-1. The molecule has 0 aliphatic heterocycles. The van der Waals surface area contributed by atoms with Crippen molar-refractivity contribution in [1.29, 1.82) is 5.39 Å². The fourth-order valence-corrected chi connectivity index (χ4v) is 0.247. The van der Waals surface area contributed by atoms with Crippen molar-refractivity contribution in [3.8, 4) is 0 Å². The first-order valence-electron chi connectivity index (χ1n) is 2.18. The summed E-state index contributed by atoms with van der Waals surface area (Å²) in [4.78, 5) is 14.4. The smallest absolute Gasteiger partial charge is 0.356 e. The quantitative estimate of drug-likeness (QED) is 0.321. The van der Waals surface area contributed by atoms with Gasteiger partial charge in [-0.05, 0) is 9.96 Å². The average Bonchev–Trinajstić information content (AvgIpc) is 2.36. The lowest BCUT2D eigenvalue weighted by Crippen LogP contribution is -1.74. The molecule has 0 atom stereocenters. The van der Waals surface area contributed by atoms with Gasteiger partial charge < -0.3 is 15.3 Å². The minimum atomic E-state index is -1.75. The van der Waals surface area contributed by atoms with Gasteiger partial charge in [-0.15, -0.1) is 5.10 Å². The van der Waals surface area contributed by atoms with Crippen LogP contribution in [-0.2, 0) is 0 Å². The van der Waals surface area contributed by atoms with Crippen molar-refractivity contribution in [1.82, 2.24) is 15.2 Å². The maximum Gasteiger partial charge on any atom is 0.546 e. The lowest BCUT2D eigenvalue weighted by molar-refractivity contribution is -0.402. The molecular formula is C2H2N6O3. The third-order valence-electron chi connectivity index (χ3n) is 0.497. The molecule has 1 aromatic heterocycles. The van der Waals surface area contributed by atoms with Gasteiger partial charge in [0.2, 0.25) is 6.33 Å². The Kier molecular flexibility index (Phi) is 3.68. The molecule has 0 saturated heterocycles. The van der Waals surface area contributed by atoms with Gasteiger partial charge in [-0.3, -0.25) is 0 Å². The second-order valence-electron chi connectivity index (χ2n) is 1.13. The van der Waals surface area contributed by atoms with Gasteiger partial charge in [0.15, 0.2) is 0 Å². The van der Waals surface area contributed by atoms with Crippen molar-refractivity contribution in [2.45, 2.75) is 0 Å². The van der Waals surface area contributed by atoms with Crippen LogP contribution < -0.4 is 0 Å². The van der Waals surface area contributed by atoms with Crippen LogP contribution in [0.25, 0.3) is 4.98 Å². The number of nitrogens with one attached hydrogen (secondary N) is 1. The van der Waals surface area contributed by atoms with E-state index in [1.807, 2.05) is 0 Å². The highest BCUT2D eigenvalue weighted by Crippen LogP contribution is 1.93. The highest BCUT2D eigenvalue weighted by Gasteiger charge is 2.00. The van der Waals surface area contributed by atoms with Crippen molar-refractivity contribution in [3.63, 3.8) is 0 Å². The molecule has 58 valence electrons. The number of rotatable bonds is 0. The highest BCUT2D eigenvalue weighted by atomic mass is 16.9. The third kappa shape index (κ3) is 5.63. The largest absolute Gasteiger partial charge is 0.546 e. The molecular weight excluding hydrogens is 156 g/mol. The Labute approximate surface area is 59.4 Å². The Hall–Kier alpha value is -2.24. The van der Waals surface area contributed by atoms with E-state index in [0.717, 1.165) is 0 Å². The summed E-state index contributed by atoms with van der Waals surface area (Å²) in [5.41, 5.74) is 0. The predicted molar refractivity (Wildman–Crippen MR) is 31.5 cm³/mol. The first-order valence-corrected chi connectivity index (χ1v) is 2.18. The van der Waals surface area contributed by atoms with Crippen molar-refractivity contribution < 1.29 is 5.09 Å². The molecule has 1 rings (SSSR count). The van der Waals surface area contributed by atoms with Gasteiger partial charge in [-0.1, -0.05) is 5.10 Å². The van der Waals surface area contributed by atoms with E-state index in [1.54, 1.807) is 0 Å². The maximum absolute atomic E-state index is 8.25. The Bertz CT molecular complexity index is 243. The highest BCUT2D eigenvalue weighted by molar-refractivity contribution is 5.18. The summed E-state index contributed by atoms with van der Waals surface area (Å²) in [5, 5.41) is 28.4. The summed E-state index contributed by atoms with van der Waals surface area (Å²) in [6, 6.07) is 0. The molecule has 0 aromatic carbocycles. The molecule has 0 spiro atoms. The first-order chi connectivity index (χ1) is 5.16. The van der Waals surface area contributed by atoms with Gasteiger partial charge in [0.25, 0.3) is 0 Å². The molecule has 0 aliphatic rings. The Morgan fingerprint density at radius 1 is 1.73 bits per heavy atom. The topological polar surface area (TPSA) is 136 Å². The Balaban J connectivity index is 0.000000218. The van der Waals surface area contributed by atoms with E-state index in [0.29, 0.717) is 0 Å². The SMILES string of the molecule is N#[N+]c1ncn[nH]1.O=[N+]([O-])[O-]. The van der Waals surface area contributed by atoms with E-state index >= 15 is 0 Å². The monoisotopic (exact) mass is 158 g/mol. The zero-order valence-electron chi connectivity index (χ0n) is 5.04. The normalized spacial score (nSPS) is 7.18. The van der Waals surface area contributed by atoms with Crippen LogP contribution in [0.2, 0.25) is 0 Å². The minimum absolute atomic E-state index is 0.125.